The predicted molar refractivity (Wildman–Crippen MR) is 99.1 cm³/mol. The number of anilines is 1. The smallest absolute Gasteiger partial charge is 0.321 e. The lowest BCUT2D eigenvalue weighted by molar-refractivity contribution is -0.146. The van der Waals surface area contributed by atoms with Crippen molar-refractivity contribution in [1.82, 2.24) is 9.88 Å². The van der Waals surface area contributed by atoms with E-state index >= 15 is 0 Å². The van der Waals surface area contributed by atoms with Crippen LogP contribution in [0.2, 0.25) is 0 Å². The van der Waals surface area contributed by atoms with E-state index in [9.17, 15) is 18.0 Å². The number of ether oxygens (including phenoxy) is 1. The summed E-state index contributed by atoms with van der Waals surface area (Å²) < 4.78 is 36.5. The van der Waals surface area contributed by atoms with Crippen LogP contribution in [0.5, 0.6) is 0 Å². The fourth-order valence-electron chi connectivity index (χ4n) is 2.92. The monoisotopic (exact) mass is 407 g/mol. The number of fused-ring (bicyclic) bond motifs is 1. The first kappa shape index (κ1) is 20.0. The summed E-state index contributed by atoms with van der Waals surface area (Å²) >= 11 is 0. The first-order valence-electron chi connectivity index (χ1n) is 8.84. The minimum atomic E-state index is -3.85. The molecule has 1 aromatic carbocycles. The van der Waals surface area contributed by atoms with Gasteiger partial charge in [0.15, 0.2) is 12.4 Å². The van der Waals surface area contributed by atoms with Gasteiger partial charge < -0.3 is 14.6 Å². The first-order chi connectivity index (χ1) is 13.3. The Morgan fingerprint density at radius 1 is 1.18 bits per heavy atom. The Balaban J connectivity index is 1.48. The van der Waals surface area contributed by atoms with Gasteiger partial charge in [-0.2, -0.15) is 4.72 Å². The minimum absolute atomic E-state index is 0.111. The summed E-state index contributed by atoms with van der Waals surface area (Å²) in [5, 5.41) is 5.96. The summed E-state index contributed by atoms with van der Waals surface area (Å²) in [6.45, 7) is 0.526. The molecule has 1 aliphatic carbocycles. The molecule has 150 valence electrons. The molecular weight excluding hydrogens is 386 g/mol. The number of aryl methyl sites for hydroxylation is 3. The van der Waals surface area contributed by atoms with E-state index in [1.807, 2.05) is 6.07 Å². The van der Waals surface area contributed by atoms with Crippen LogP contribution in [-0.2, 0) is 37.2 Å². The molecule has 0 unspecified atom stereocenters. The lowest BCUT2D eigenvalue weighted by atomic mass is 9.92. The van der Waals surface area contributed by atoms with Crippen LogP contribution in [-0.4, -0.2) is 38.6 Å². The number of hydrogen-bond donors (Lipinski definition) is 2. The largest absolute Gasteiger partial charge is 0.455 e. The molecule has 1 amide bonds. The van der Waals surface area contributed by atoms with Crippen molar-refractivity contribution in [2.24, 2.45) is 0 Å². The molecule has 1 aromatic heterocycles. The van der Waals surface area contributed by atoms with E-state index in [4.69, 9.17) is 9.26 Å². The van der Waals surface area contributed by atoms with Crippen LogP contribution in [0.4, 0.5) is 5.82 Å². The normalized spacial score (nSPS) is 13.6. The van der Waals surface area contributed by atoms with Crippen molar-refractivity contribution >= 4 is 27.7 Å². The number of aromatic nitrogens is 1. The van der Waals surface area contributed by atoms with Gasteiger partial charge in [0.2, 0.25) is 10.0 Å². The van der Waals surface area contributed by atoms with E-state index in [-0.39, 0.29) is 10.7 Å². The third-order valence-corrected chi connectivity index (χ3v) is 5.70. The Bertz CT molecular complexity index is 983. The summed E-state index contributed by atoms with van der Waals surface area (Å²) in [5.74, 6) is -0.761. The molecule has 10 heteroatoms. The average molecular weight is 407 g/mol. The Labute approximate surface area is 162 Å². The van der Waals surface area contributed by atoms with E-state index in [2.05, 4.69) is 15.2 Å². The maximum atomic E-state index is 12.4. The van der Waals surface area contributed by atoms with Gasteiger partial charge in [-0.3, -0.25) is 9.59 Å². The Kier molecular flexibility index (Phi) is 6.10. The second-order valence-corrected chi connectivity index (χ2v) is 8.26. The average Bonchev–Trinajstić information content (AvgIpc) is 3.09. The fourth-order valence-corrected chi connectivity index (χ4v) is 3.93. The zero-order chi connectivity index (χ0) is 20.1. The van der Waals surface area contributed by atoms with Crippen molar-refractivity contribution in [1.29, 1.82) is 0 Å². The lowest BCUT2D eigenvalue weighted by Crippen LogP contribution is -2.32. The summed E-state index contributed by atoms with van der Waals surface area (Å²) in [7, 11) is -3.85. The van der Waals surface area contributed by atoms with Gasteiger partial charge in [0.1, 0.15) is 12.3 Å². The second kappa shape index (κ2) is 8.53. The van der Waals surface area contributed by atoms with Crippen LogP contribution in [0, 0.1) is 6.92 Å². The van der Waals surface area contributed by atoms with Crippen molar-refractivity contribution in [2.45, 2.75) is 37.5 Å². The second-order valence-electron chi connectivity index (χ2n) is 6.49. The van der Waals surface area contributed by atoms with E-state index in [1.54, 1.807) is 13.0 Å². The SMILES string of the molecule is Cc1cc(NC(=O)COC(=O)CNS(=O)(=O)c2ccc3c(c2)CCCC3)no1. The highest BCUT2D eigenvalue weighted by Crippen LogP contribution is 2.23. The Morgan fingerprint density at radius 2 is 1.93 bits per heavy atom. The maximum Gasteiger partial charge on any atom is 0.321 e. The molecule has 1 heterocycles. The summed E-state index contributed by atoms with van der Waals surface area (Å²) in [5.41, 5.74) is 2.19. The molecule has 28 heavy (non-hydrogen) atoms. The molecule has 9 nitrogen and oxygen atoms in total. The van der Waals surface area contributed by atoms with Gasteiger partial charge in [-0.25, -0.2) is 8.42 Å². The molecule has 2 aromatic rings. The summed E-state index contributed by atoms with van der Waals surface area (Å²) in [6.07, 6.45) is 3.94. The number of nitrogens with zero attached hydrogens (tertiary/aromatic N) is 1. The number of esters is 1. The molecule has 0 saturated heterocycles. The molecule has 2 N–H and O–H groups in total. The predicted octanol–water partition coefficient (Wildman–Crippen LogP) is 1.32. The van der Waals surface area contributed by atoms with Crippen molar-refractivity contribution in [3.63, 3.8) is 0 Å². The highest BCUT2D eigenvalue weighted by atomic mass is 32.2. The molecule has 0 spiro atoms. The van der Waals surface area contributed by atoms with E-state index in [0.29, 0.717) is 5.76 Å². The number of carbonyl (C=O) groups is 2. The molecule has 0 radical (unpaired) electrons. The van der Waals surface area contributed by atoms with Gasteiger partial charge >= 0.3 is 5.97 Å². The van der Waals surface area contributed by atoms with Gasteiger partial charge in [0.05, 0.1) is 4.90 Å². The molecule has 0 atom stereocenters. The third-order valence-electron chi connectivity index (χ3n) is 4.30. The lowest BCUT2D eigenvalue weighted by Gasteiger charge is -2.16. The first-order valence-corrected chi connectivity index (χ1v) is 10.3. The van der Waals surface area contributed by atoms with Crippen LogP contribution < -0.4 is 10.0 Å². The highest BCUT2D eigenvalue weighted by molar-refractivity contribution is 7.89. The Morgan fingerprint density at radius 3 is 2.64 bits per heavy atom. The van der Waals surface area contributed by atoms with Crippen molar-refractivity contribution in [3.8, 4) is 0 Å². The van der Waals surface area contributed by atoms with E-state index in [0.717, 1.165) is 36.8 Å². The standard InChI is InChI=1S/C18H21N3O6S/c1-12-8-16(21-27-12)20-17(22)11-26-18(23)10-19-28(24,25)15-7-6-13-4-2-3-5-14(13)9-15/h6-9,19H,2-5,10-11H2,1H3,(H,20,21,22). The van der Waals surface area contributed by atoms with Crippen LogP contribution >= 0.6 is 0 Å². The van der Waals surface area contributed by atoms with Gasteiger partial charge in [0.25, 0.3) is 5.91 Å². The number of sulfonamides is 1. The quantitative estimate of drug-likeness (QED) is 0.663. The fraction of sp³-hybridized carbons (Fsp3) is 0.389. The van der Waals surface area contributed by atoms with Gasteiger partial charge in [0, 0.05) is 6.07 Å². The number of rotatable bonds is 7. The van der Waals surface area contributed by atoms with Crippen molar-refractivity contribution in [3.05, 3.63) is 41.2 Å². The number of carbonyl (C=O) groups excluding carboxylic acids is 2. The maximum absolute atomic E-state index is 12.4. The van der Waals surface area contributed by atoms with Crippen LogP contribution in [0.1, 0.15) is 29.7 Å². The van der Waals surface area contributed by atoms with Crippen LogP contribution in [0.15, 0.2) is 33.7 Å². The molecule has 0 aliphatic heterocycles. The van der Waals surface area contributed by atoms with Gasteiger partial charge in [-0.1, -0.05) is 11.2 Å². The number of amides is 1. The van der Waals surface area contributed by atoms with Crippen molar-refractivity contribution in [2.75, 3.05) is 18.5 Å². The molecule has 0 saturated carbocycles. The highest BCUT2D eigenvalue weighted by Gasteiger charge is 2.19. The summed E-state index contributed by atoms with van der Waals surface area (Å²) in [6, 6.07) is 6.50. The number of nitrogens with one attached hydrogen (secondary N) is 2. The minimum Gasteiger partial charge on any atom is -0.455 e. The van der Waals surface area contributed by atoms with Crippen molar-refractivity contribution < 1.29 is 27.3 Å². The Hall–Kier alpha value is -2.72. The molecule has 1 aliphatic rings. The molecular formula is C18H21N3O6S. The van der Waals surface area contributed by atoms with Gasteiger partial charge in [-0.15, -0.1) is 0 Å². The molecule has 3 rings (SSSR count). The topological polar surface area (TPSA) is 128 Å². The van der Waals surface area contributed by atoms with Crippen LogP contribution in [0.3, 0.4) is 0 Å². The number of hydrogen-bond acceptors (Lipinski definition) is 7. The third kappa shape index (κ3) is 5.17. The van der Waals surface area contributed by atoms with Crippen LogP contribution in [0.25, 0.3) is 0 Å². The molecule has 0 bridgehead atoms. The zero-order valence-corrected chi connectivity index (χ0v) is 16.2. The molecule has 0 fully saturated rings. The van der Waals surface area contributed by atoms with Gasteiger partial charge in [-0.05, 0) is 55.9 Å². The van der Waals surface area contributed by atoms with E-state index in [1.165, 1.54) is 12.1 Å². The number of benzene rings is 1. The van der Waals surface area contributed by atoms with E-state index < -0.39 is 35.1 Å². The zero-order valence-electron chi connectivity index (χ0n) is 15.4. The summed E-state index contributed by atoms with van der Waals surface area (Å²) in [4.78, 5) is 23.5.